The molecule has 0 aliphatic heterocycles. The van der Waals surface area contributed by atoms with E-state index in [-0.39, 0.29) is 5.88 Å². The van der Waals surface area contributed by atoms with Crippen LogP contribution in [0.25, 0.3) is 11.1 Å². The van der Waals surface area contributed by atoms with Gasteiger partial charge >= 0.3 is 0 Å². The van der Waals surface area contributed by atoms with Crippen molar-refractivity contribution in [2.75, 3.05) is 5.88 Å². The highest BCUT2D eigenvalue weighted by Gasteiger charge is 1.98. The van der Waals surface area contributed by atoms with Crippen LogP contribution in [0.5, 0.6) is 0 Å². The minimum Gasteiger partial charge on any atom is -0.386 e. The van der Waals surface area contributed by atoms with E-state index in [2.05, 4.69) is 36.2 Å². The van der Waals surface area contributed by atoms with Crippen LogP contribution in [0.1, 0.15) is 5.56 Å². The summed E-state index contributed by atoms with van der Waals surface area (Å²) < 4.78 is 0. The summed E-state index contributed by atoms with van der Waals surface area (Å²) >= 11 is 5.59. The first kappa shape index (κ1) is 12.7. The van der Waals surface area contributed by atoms with E-state index in [4.69, 9.17) is 17.3 Å². The van der Waals surface area contributed by atoms with Crippen molar-refractivity contribution in [1.82, 2.24) is 0 Å². The average molecular weight is 259 g/mol. The zero-order valence-electron chi connectivity index (χ0n) is 10.2. The van der Waals surface area contributed by atoms with Gasteiger partial charge in [-0.1, -0.05) is 42.0 Å². The van der Waals surface area contributed by atoms with Crippen LogP contribution in [0.15, 0.2) is 53.5 Å². The number of nitrogens with zero attached hydrogens (tertiary/aromatic N) is 1. The molecule has 0 atom stereocenters. The molecular weight excluding hydrogens is 244 g/mol. The molecule has 3 heteroatoms. The van der Waals surface area contributed by atoms with Gasteiger partial charge in [0.1, 0.15) is 5.84 Å². The lowest BCUT2D eigenvalue weighted by Gasteiger charge is -2.03. The lowest BCUT2D eigenvalue weighted by molar-refractivity contribution is 1.44. The maximum atomic E-state index is 5.59. The number of amidine groups is 1. The highest BCUT2D eigenvalue weighted by Crippen LogP contribution is 2.22. The largest absolute Gasteiger partial charge is 0.386 e. The number of aryl methyl sites for hydroxylation is 1. The second-order valence-electron chi connectivity index (χ2n) is 4.15. The van der Waals surface area contributed by atoms with Gasteiger partial charge in [-0.25, -0.2) is 4.99 Å². The Morgan fingerprint density at radius 2 is 1.50 bits per heavy atom. The van der Waals surface area contributed by atoms with E-state index in [1.165, 1.54) is 16.7 Å². The van der Waals surface area contributed by atoms with Crippen LogP contribution >= 0.6 is 11.6 Å². The van der Waals surface area contributed by atoms with Crippen molar-refractivity contribution in [3.8, 4) is 11.1 Å². The van der Waals surface area contributed by atoms with Gasteiger partial charge in [-0.15, -0.1) is 11.6 Å². The molecule has 0 spiro atoms. The smallest absolute Gasteiger partial charge is 0.115 e. The number of aliphatic imine (C=N–C) groups is 1. The number of nitrogens with two attached hydrogens (primary N) is 1. The topological polar surface area (TPSA) is 38.4 Å². The second kappa shape index (κ2) is 5.69. The lowest BCUT2D eigenvalue weighted by atomic mass is 10.0. The third-order valence-corrected chi connectivity index (χ3v) is 2.94. The maximum absolute atomic E-state index is 5.59. The number of hydrogen-bond acceptors (Lipinski definition) is 1. The summed E-state index contributed by atoms with van der Waals surface area (Å²) in [5.74, 6) is 0.680. The summed E-state index contributed by atoms with van der Waals surface area (Å²) in [6, 6.07) is 16.4. The molecule has 0 bridgehead atoms. The van der Waals surface area contributed by atoms with Crippen molar-refractivity contribution in [2.45, 2.75) is 6.92 Å². The predicted molar refractivity (Wildman–Crippen MR) is 78.6 cm³/mol. The maximum Gasteiger partial charge on any atom is 0.115 e. The highest BCUT2D eigenvalue weighted by molar-refractivity contribution is 6.28. The quantitative estimate of drug-likeness (QED) is 0.506. The van der Waals surface area contributed by atoms with Gasteiger partial charge in [-0.2, -0.15) is 0 Å². The molecule has 0 heterocycles. The normalized spacial score (nSPS) is 11.6. The van der Waals surface area contributed by atoms with Crippen molar-refractivity contribution < 1.29 is 0 Å². The molecule has 2 N–H and O–H groups in total. The Morgan fingerprint density at radius 3 is 2.00 bits per heavy atom. The Hall–Kier alpha value is -1.80. The van der Waals surface area contributed by atoms with Crippen molar-refractivity contribution in [1.29, 1.82) is 0 Å². The van der Waals surface area contributed by atoms with Crippen LogP contribution in [-0.2, 0) is 0 Å². The Kier molecular flexibility index (Phi) is 4.00. The fourth-order valence-electron chi connectivity index (χ4n) is 1.67. The van der Waals surface area contributed by atoms with Crippen molar-refractivity contribution >= 4 is 23.1 Å². The lowest BCUT2D eigenvalue weighted by Crippen LogP contribution is -2.12. The molecule has 2 aromatic carbocycles. The molecule has 0 radical (unpaired) electrons. The fraction of sp³-hybridized carbons (Fsp3) is 0.133. The number of benzene rings is 2. The van der Waals surface area contributed by atoms with E-state index in [1.807, 2.05) is 24.3 Å². The minimum atomic E-state index is 0.250. The first-order valence-corrected chi connectivity index (χ1v) is 6.28. The molecule has 2 rings (SSSR count). The van der Waals surface area contributed by atoms with Gasteiger partial charge in [0.05, 0.1) is 11.6 Å². The molecule has 0 unspecified atom stereocenters. The molecule has 0 saturated heterocycles. The van der Waals surface area contributed by atoms with Crippen molar-refractivity contribution in [3.63, 3.8) is 0 Å². The molecule has 2 nitrogen and oxygen atoms in total. The Balaban J connectivity index is 2.25. The van der Waals surface area contributed by atoms with E-state index < -0.39 is 0 Å². The molecule has 0 aliphatic rings. The monoisotopic (exact) mass is 258 g/mol. The van der Waals surface area contributed by atoms with Crippen molar-refractivity contribution in [3.05, 3.63) is 54.1 Å². The van der Waals surface area contributed by atoms with Gasteiger partial charge in [0.25, 0.3) is 0 Å². The summed E-state index contributed by atoms with van der Waals surface area (Å²) in [6.07, 6.45) is 0. The van der Waals surface area contributed by atoms with Crippen LogP contribution in [0.2, 0.25) is 0 Å². The summed E-state index contributed by atoms with van der Waals surface area (Å²) in [7, 11) is 0. The summed E-state index contributed by atoms with van der Waals surface area (Å²) in [5, 5.41) is 0. The zero-order chi connectivity index (χ0) is 13.0. The number of hydrogen-bond donors (Lipinski definition) is 1. The summed E-state index contributed by atoms with van der Waals surface area (Å²) in [5.41, 5.74) is 10.0. The molecule has 0 aromatic heterocycles. The van der Waals surface area contributed by atoms with Crippen molar-refractivity contribution in [2.24, 2.45) is 10.7 Å². The van der Waals surface area contributed by atoms with Crippen LogP contribution in [0.3, 0.4) is 0 Å². The van der Waals surface area contributed by atoms with E-state index >= 15 is 0 Å². The van der Waals surface area contributed by atoms with Gasteiger partial charge in [-0.3, -0.25) is 0 Å². The van der Waals surface area contributed by atoms with E-state index in [0.29, 0.717) is 5.84 Å². The third kappa shape index (κ3) is 3.11. The summed E-state index contributed by atoms with van der Waals surface area (Å²) in [4.78, 5) is 4.19. The summed E-state index contributed by atoms with van der Waals surface area (Å²) in [6.45, 7) is 2.08. The second-order valence-corrected chi connectivity index (χ2v) is 4.42. The first-order valence-electron chi connectivity index (χ1n) is 5.75. The van der Waals surface area contributed by atoms with Crippen LogP contribution in [0.4, 0.5) is 5.69 Å². The van der Waals surface area contributed by atoms with Gasteiger partial charge in [0.15, 0.2) is 0 Å². The van der Waals surface area contributed by atoms with Crippen LogP contribution < -0.4 is 5.73 Å². The number of rotatable bonds is 3. The Bertz CT molecular complexity index is 542. The van der Waals surface area contributed by atoms with E-state index in [0.717, 1.165) is 5.69 Å². The number of alkyl halides is 1. The Morgan fingerprint density at radius 1 is 1.00 bits per heavy atom. The molecular formula is C15H15ClN2. The minimum absolute atomic E-state index is 0.250. The first-order chi connectivity index (χ1) is 8.69. The van der Waals surface area contributed by atoms with Gasteiger partial charge < -0.3 is 5.73 Å². The fourth-order valence-corrected chi connectivity index (χ4v) is 1.73. The predicted octanol–water partition coefficient (Wildman–Crippen LogP) is 3.89. The average Bonchev–Trinajstić information content (AvgIpc) is 2.40. The van der Waals surface area contributed by atoms with E-state index in [1.54, 1.807) is 0 Å². The standard InChI is InChI=1S/C15H15ClN2/c1-11-2-4-12(5-3-11)13-6-8-14(9-7-13)18-15(17)10-16/h2-9H,10H2,1H3,(H2,17,18). The van der Waals surface area contributed by atoms with Crippen LogP contribution in [-0.4, -0.2) is 11.7 Å². The molecule has 0 saturated carbocycles. The van der Waals surface area contributed by atoms with Gasteiger partial charge in [-0.05, 0) is 30.2 Å². The Labute approximate surface area is 112 Å². The molecule has 0 aliphatic carbocycles. The SMILES string of the molecule is Cc1ccc(-c2ccc(N=C(N)CCl)cc2)cc1. The zero-order valence-corrected chi connectivity index (χ0v) is 11.0. The molecule has 92 valence electrons. The van der Waals surface area contributed by atoms with Gasteiger partial charge in [0.2, 0.25) is 0 Å². The van der Waals surface area contributed by atoms with E-state index in [9.17, 15) is 0 Å². The molecule has 0 fully saturated rings. The number of halogens is 1. The molecule has 0 amide bonds. The van der Waals surface area contributed by atoms with Crippen LogP contribution in [0, 0.1) is 6.92 Å². The third-order valence-electron chi connectivity index (χ3n) is 2.66. The highest BCUT2D eigenvalue weighted by atomic mass is 35.5. The molecule has 2 aromatic rings. The van der Waals surface area contributed by atoms with Gasteiger partial charge in [0, 0.05) is 0 Å². The molecule has 18 heavy (non-hydrogen) atoms.